The number of H-pyrrole nitrogens is 1. The lowest BCUT2D eigenvalue weighted by Crippen LogP contribution is -2.43. The molecular weight excluding hydrogens is 417 g/mol. The van der Waals surface area contributed by atoms with Gasteiger partial charge in [-0.05, 0) is 26.1 Å². The van der Waals surface area contributed by atoms with Crippen molar-refractivity contribution < 1.29 is 38.8 Å². The van der Waals surface area contributed by atoms with Gasteiger partial charge in [0.2, 0.25) is 6.23 Å². The largest absolute Gasteiger partial charge is 0.509 e. The number of aliphatic carboxylic acids is 1. The Balaban J connectivity index is 2.21. The lowest BCUT2D eigenvalue weighted by atomic mass is 9.95. The maximum Gasteiger partial charge on any atom is 0.404 e. The van der Waals surface area contributed by atoms with Crippen molar-refractivity contribution >= 4 is 25.9 Å². The van der Waals surface area contributed by atoms with Gasteiger partial charge in [-0.25, -0.2) is 9.65 Å². The summed E-state index contributed by atoms with van der Waals surface area (Å²) in [4.78, 5) is 34.2. The predicted octanol–water partition coefficient (Wildman–Crippen LogP) is 0.525. The molecule has 0 amide bonds. The van der Waals surface area contributed by atoms with E-state index in [0.29, 0.717) is 0 Å². The lowest BCUT2D eigenvalue weighted by Gasteiger charge is -2.38. The highest BCUT2D eigenvalue weighted by Gasteiger charge is 2.42. The number of aromatic nitrogens is 2. The number of carboxylic acids is 1. The molecule has 156 valence electrons. The van der Waals surface area contributed by atoms with E-state index in [2.05, 4.69) is 4.98 Å². The minimum Gasteiger partial charge on any atom is -0.509 e. The first kappa shape index (κ1) is 22.3. The van der Waals surface area contributed by atoms with Gasteiger partial charge in [-0.3, -0.25) is 23.7 Å². The third-order valence-corrected chi connectivity index (χ3v) is 5.34. The third-order valence-electron chi connectivity index (χ3n) is 3.83. The number of nitrogens with one attached hydrogen (secondary N) is 2. The Morgan fingerprint density at radius 3 is 2.86 bits per heavy atom. The highest BCUT2D eigenvalue weighted by molar-refractivity contribution is 7.71. The Morgan fingerprint density at radius 1 is 1.64 bits per heavy atom. The third kappa shape index (κ3) is 5.28. The Bertz CT molecular complexity index is 954. The summed E-state index contributed by atoms with van der Waals surface area (Å²) in [5.41, 5.74) is -2.10. The molecule has 0 saturated heterocycles. The van der Waals surface area contributed by atoms with Crippen molar-refractivity contribution in [3.05, 3.63) is 38.9 Å². The van der Waals surface area contributed by atoms with Crippen LogP contribution in [0.2, 0.25) is 0 Å². The Morgan fingerprint density at radius 2 is 2.29 bits per heavy atom. The molecule has 4 atom stereocenters. The number of ether oxygens (including phenoxy) is 1. The fraction of sp³-hybridized carbons (Fsp3) is 0.500. The topological polar surface area (TPSA) is 183 Å². The molecule has 0 aromatic carbocycles. The first-order valence-electron chi connectivity index (χ1n) is 7.92. The smallest absolute Gasteiger partial charge is 0.404 e. The Hall–Kier alpha value is -2.02. The quantitative estimate of drug-likeness (QED) is 0.258. The van der Waals surface area contributed by atoms with Crippen LogP contribution in [-0.4, -0.2) is 54.0 Å². The highest BCUT2D eigenvalue weighted by atomic mass is 32.1. The molecule has 0 spiro atoms. The van der Waals surface area contributed by atoms with E-state index in [9.17, 15) is 29.3 Å². The van der Waals surface area contributed by atoms with Gasteiger partial charge in [-0.15, -0.1) is 0 Å². The zero-order chi connectivity index (χ0) is 21.3. The van der Waals surface area contributed by atoms with Crippen LogP contribution in [0.5, 0.6) is 0 Å². The maximum atomic E-state index is 11.9. The van der Waals surface area contributed by atoms with E-state index in [1.165, 1.54) is 17.7 Å². The van der Waals surface area contributed by atoms with Crippen molar-refractivity contribution in [1.82, 2.24) is 14.6 Å². The highest BCUT2D eigenvalue weighted by Crippen LogP contribution is 2.41. The second-order valence-electron chi connectivity index (χ2n) is 6.37. The van der Waals surface area contributed by atoms with Crippen LogP contribution in [0.1, 0.15) is 26.5 Å². The van der Waals surface area contributed by atoms with Crippen LogP contribution in [0, 0.1) is 4.77 Å². The number of aromatic amines is 1. The van der Waals surface area contributed by atoms with E-state index >= 15 is 0 Å². The minimum absolute atomic E-state index is 0.0517. The normalized spacial score (nSPS) is 25.6. The number of nitrogens with zero attached hydrogens (tertiary/aromatic N) is 1. The molecule has 1 aromatic heterocycles. The van der Waals surface area contributed by atoms with Gasteiger partial charge in [0, 0.05) is 18.7 Å². The number of aliphatic hydroxyl groups is 2. The van der Waals surface area contributed by atoms with E-state index in [1.54, 1.807) is 0 Å². The molecule has 12 nitrogen and oxygen atoms in total. The van der Waals surface area contributed by atoms with E-state index in [0.717, 1.165) is 13.0 Å². The standard InChI is InChI=1S/C14H20N3O9PS/c1-7(11(20)21)16-27(23,24)25-6-9-8(18)5-14(2,22)12(26-9)17-4-3-10(19)15-13(17)28/h3-4,7,12,18,22H,5-6H2,1-2H3,(H,20,21)(H,15,19,28)(H2,16,23,24)/t7-,12+,14?/m0/s1. The molecule has 2 unspecified atom stereocenters. The van der Waals surface area contributed by atoms with Crippen LogP contribution < -0.4 is 10.6 Å². The van der Waals surface area contributed by atoms with Crippen molar-refractivity contribution in [2.45, 2.75) is 38.1 Å². The first-order valence-corrected chi connectivity index (χ1v) is 9.90. The second-order valence-corrected chi connectivity index (χ2v) is 8.32. The number of carboxylic acid groups (broad SMARTS) is 1. The van der Waals surface area contributed by atoms with E-state index in [1.807, 2.05) is 5.09 Å². The van der Waals surface area contributed by atoms with E-state index < -0.39 is 49.5 Å². The van der Waals surface area contributed by atoms with E-state index in [-0.39, 0.29) is 17.0 Å². The summed E-state index contributed by atoms with van der Waals surface area (Å²) in [6, 6.07) is -0.207. The first-order chi connectivity index (χ1) is 12.8. The number of carbonyl (C=O) groups is 1. The average molecular weight is 437 g/mol. The summed E-state index contributed by atoms with van der Waals surface area (Å²) in [6.07, 6.45) is -0.199. The van der Waals surface area contributed by atoms with Gasteiger partial charge in [-0.2, -0.15) is 0 Å². The fourth-order valence-electron chi connectivity index (χ4n) is 2.42. The van der Waals surface area contributed by atoms with Crippen molar-refractivity contribution in [3.63, 3.8) is 0 Å². The number of aliphatic hydroxyl groups excluding tert-OH is 1. The summed E-state index contributed by atoms with van der Waals surface area (Å²) < 4.78 is 23.4. The summed E-state index contributed by atoms with van der Waals surface area (Å²) >= 11 is 5.04. The molecule has 0 radical (unpaired) electrons. The molecule has 1 aliphatic rings. The zero-order valence-corrected chi connectivity index (χ0v) is 16.6. The molecule has 0 fully saturated rings. The fourth-order valence-corrected chi connectivity index (χ4v) is 3.65. The molecule has 1 aliphatic heterocycles. The molecule has 28 heavy (non-hydrogen) atoms. The van der Waals surface area contributed by atoms with Gasteiger partial charge < -0.3 is 24.9 Å². The predicted molar refractivity (Wildman–Crippen MR) is 96.9 cm³/mol. The summed E-state index contributed by atoms with van der Waals surface area (Å²) in [5, 5.41) is 31.3. The molecule has 2 heterocycles. The number of hydrogen-bond donors (Lipinski definition) is 6. The number of rotatable bonds is 7. The minimum atomic E-state index is -4.53. The Labute approximate surface area is 163 Å². The second kappa shape index (κ2) is 8.15. The molecule has 2 rings (SSSR count). The molecule has 0 aliphatic carbocycles. The summed E-state index contributed by atoms with van der Waals surface area (Å²) in [7, 11) is -4.53. The van der Waals surface area contributed by atoms with Gasteiger partial charge in [0.25, 0.3) is 5.56 Å². The molecule has 1 aromatic rings. The summed E-state index contributed by atoms with van der Waals surface area (Å²) in [6.45, 7) is 1.82. The van der Waals surface area contributed by atoms with Crippen LogP contribution >= 0.6 is 20.0 Å². The van der Waals surface area contributed by atoms with Crippen molar-refractivity contribution in [3.8, 4) is 0 Å². The molecule has 0 bridgehead atoms. The van der Waals surface area contributed by atoms with Gasteiger partial charge in [-0.1, -0.05) is 0 Å². The lowest BCUT2D eigenvalue weighted by molar-refractivity contribution is -0.143. The maximum absolute atomic E-state index is 11.9. The zero-order valence-electron chi connectivity index (χ0n) is 14.9. The van der Waals surface area contributed by atoms with Crippen LogP contribution in [0.4, 0.5) is 0 Å². The summed E-state index contributed by atoms with van der Waals surface area (Å²) in [5.74, 6) is -2.05. The van der Waals surface area contributed by atoms with Crippen molar-refractivity contribution in [2.75, 3.05) is 6.61 Å². The van der Waals surface area contributed by atoms with E-state index in [4.69, 9.17) is 26.6 Å². The Kier molecular flexibility index (Phi) is 6.48. The van der Waals surface area contributed by atoms with Gasteiger partial charge in [0.05, 0.1) is 0 Å². The van der Waals surface area contributed by atoms with Crippen LogP contribution in [0.15, 0.2) is 28.6 Å². The molecule has 14 heteroatoms. The van der Waals surface area contributed by atoms with Crippen molar-refractivity contribution in [1.29, 1.82) is 0 Å². The average Bonchev–Trinajstić information content (AvgIpc) is 2.53. The van der Waals surface area contributed by atoms with Gasteiger partial charge in [0.1, 0.15) is 24.0 Å². The monoisotopic (exact) mass is 437 g/mol. The molecular formula is C14H20N3O9PS. The van der Waals surface area contributed by atoms with Crippen LogP contribution in [0.25, 0.3) is 0 Å². The van der Waals surface area contributed by atoms with Crippen LogP contribution in [-0.2, 0) is 18.6 Å². The van der Waals surface area contributed by atoms with Gasteiger partial charge in [0.15, 0.2) is 10.5 Å². The molecule has 0 saturated carbocycles. The van der Waals surface area contributed by atoms with Crippen LogP contribution in [0.3, 0.4) is 0 Å². The molecule has 6 N–H and O–H groups in total. The van der Waals surface area contributed by atoms with Gasteiger partial charge >= 0.3 is 13.7 Å². The van der Waals surface area contributed by atoms with Crippen molar-refractivity contribution in [2.24, 2.45) is 0 Å². The number of hydrogen-bond acceptors (Lipinski definition) is 8. The SMILES string of the molecule is C[C@H](NP(=O)(O)OCC1=C(O)CC(C)(O)[C@H](n2ccc(=O)[nH]c2=S)O1)C(=O)O.